The summed E-state index contributed by atoms with van der Waals surface area (Å²) in [5, 5.41) is 11.1. The standard InChI is InChI=1S/C13H12FNO3S/c14-8-1-2-11-9(7-8)10(5-6-19-11)15-12(16)3-4-13(17)18/h1-4,7,10H,5-6H2,(H,15,16)(H,17,18)/b4-3+. The van der Waals surface area contributed by atoms with Crippen molar-refractivity contribution in [2.75, 3.05) is 5.75 Å². The molecule has 0 spiro atoms. The largest absolute Gasteiger partial charge is 0.478 e. The molecule has 0 bridgehead atoms. The van der Waals surface area contributed by atoms with E-state index < -0.39 is 11.9 Å². The summed E-state index contributed by atoms with van der Waals surface area (Å²) in [5.74, 6) is -1.19. The fraction of sp³-hybridized carbons (Fsp3) is 0.231. The van der Waals surface area contributed by atoms with E-state index in [1.54, 1.807) is 17.8 Å². The van der Waals surface area contributed by atoms with E-state index in [9.17, 15) is 14.0 Å². The van der Waals surface area contributed by atoms with E-state index in [2.05, 4.69) is 5.32 Å². The second-order valence-electron chi connectivity index (χ2n) is 4.05. The van der Waals surface area contributed by atoms with Gasteiger partial charge in [0.2, 0.25) is 5.91 Å². The van der Waals surface area contributed by atoms with Gasteiger partial charge in [0.1, 0.15) is 5.82 Å². The first kappa shape index (κ1) is 13.6. The zero-order valence-electron chi connectivity index (χ0n) is 9.93. The Kier molecular flexibility index (Phi) is 4.21. The van der Waals surface area contributed by atoms with E-state index in [-0.39, 0.29) is 11.9 Å². The Morgan fingerprint density at radius 2 is 2.21 bits per heavy atom. The lowest BCUT2D eigenvalue weighted by Gasteiger charge is -2.25. The fourth-order valence-corrected chi connectivity index (χ4v) is 2.99. The summed E-state index contributed by atoms with van der Waals surface area (Å²) in [6, 6.07) is 4.21. The molecule has 0 radical (unpaired) electrons. The predicted molar refractivity (Wildman–Crippen MR) is 69.4 cm³/mol. The van der Waals surface area contributed by atoms with Crippen LogP contribution in [-0.4, -0.2) is 22.7 Å². The Bertz CT molecular complexity index is 545. The highest BCUT2D eigenvalue weighted by atomic mass is 32.2. The molecule has 100 valence electrons. The summed E-state index contributed by atoms with van der Waals surface area (Å²) in [7, 11) is 0. The zero-order chi connectivity index (χ0) is 13.8. The van der Waals surface area contributed by atoms with Gasteiger partial charge in [0.05, 0.1) is 6.04 Å². The summed E-state index contributed by atoms with van der Waals surface area (Å²) in [4.78, 5) is 22.8. The zero-order valence-corrected chi connectivity index (χ0v) is 10.7. The number of thioether (sulfide) groups is 1. The number of hydrogen-bond acceptors (Lipinski definition) is 3. The molecule has 2 rings (SSSR count). The fourth-order valence-electron chi connectivity index (χ4n) is 1.88. The van der Waals surface area contributed by atoms with E-state index >= 15 is 0 Å². The number of fused-ring (bicyclic) bond motifs is 1. The highest BCUT2D eigenvalue weighted by Gasteiger charge is 2.22. The van der Waals surface area contributed by atoms with Crippen molar-refractivity contribution in [3.05, 3.63) is 41.7 Å². The molecule has 1 aromatic carbocycles. The van der Waals surface area contributed by atoms with Gasteiger partial charge in [-0.25, -0.2) is 9.18 Å². The van der Waals surface area contributed by atoms with Crippen LogP contribution in [0.25, 0.3) is 0 Å². The number of halogens is 1. The minimum Gasteiger partial charge on any atom is -0.478 e. The van der Waals surface area contributed by atoms with Crippen molar-refractivity contribution < 1.29 is 19.1 Å². The minimum atomic E-state index is -1.18. The summed E-state index contributed by atoms with van der Waals surface area (Å²) >= 11 is 1.62. The average Bonchev–Trinajstić information content (AvgIpc) is 2.37. The van der Waals surface area contributed by atoms with Crippen LogP contribution >= 0.6 is 11.8 Å². The van der Waals surface area contributed by atoms with Crippen molar-refractivity contribution in [3.8, 4) is 0 Å². The number of aliphatic carboxylic acids is 1. The second kappa shape index (κ2) is 5.88. The van der Waals surface area contributed by atoms with Crippen molar-refractivity contribution in [3.63, 3.8) is 0 Å². The molecule has 1 aromatic rings. The van der Waals surface area contributed by atoms with Crippen molar-refractivity contribution >= 4 is 23.6 Å². The van der Waals surface area contributed by atoms with Crippen LogP contribution in [0.3, 0.4) is 0 Å². The number of nitrogens with one attached hydrogen (secondary N) is 1. The van der Waals surface area contributed by atoms with Gasteiger partial charge in [-0.1, -0.05) is 0 Å². The third-order valence-corrected chi connectivity index (χ3v) is 3.83. The van der Waals surface area contributed by atoms with Gasteiger partial charge >= 0.3 is 5.97 Å². The van der Waals surface area contributed by atoms with Crippen molar-refractivity contribution in [1.82, 2.24) is 5.32 Å². The number of carbonyl (C=O) groups is 2. The summed E-state index contributed by atoms with van der Waals surface area (Å²) in [6.07, 6.45) is 2.43. The molecule has 1 unspecified atom stereocenters. The Morgan fingerprint density at radius 1 is 1.42 bits per heavy atom. The number of carboxylic acid groups (broad SMARTS) is 1. The maximum Gasteiger partial charge on any atom is 0.328 e. The number of hydrogen-bond donors (Lipinski definition) is 2. The van der Waals surface area contributed by atoms with E-state index in [0.717, 1.165) is 28.4 Å². The Morgan fingerprint density at radius 3 is 2.95 bits per heavy atom. The molecule has 19 heavy (non-hydrogen) atoms. The molecule has 0 aliphatic carbocycles. The molecular weight excluding hydrogens is 269 g/mol. The van der Waals surface area contributed by atoms with Gasteiger partial charge in [-0.15, -0.1) is 11.8 Å². The maximum absolute atomic E-state index is 13.2. The van der Waals surface area contributed by atoms with Gasteiger partial charge in [-0.05, 0) is 30.2 Å². The average molecular weight is 281 g/mol. The quantitative estimate of drug-likeness (QED) is 0.833. The van der Waals surface area contributed by atoms with Gasteiger partial charge < -0.3 is 10.4 Å². The van der Waals surface area contributed by atoms with E-state index in [1.165, 1.54) is 12.1 Å². The molecule has 2 N–H and O–H groups in total. The molecule has 4 nitrogen and oxygen atoms in total. The van der Waals surface area contributed by atoms with Gasteiger partial charge in [-0.2, -0.15) is 0 Å². The first-order valence-electron chi connectivity index (χ1n) is 5.70. The topological polar surface area (TPSA) is 66.4 Å². The minimum absolute atomic E-state index is 0.280. The lowest BCUT2D eigenvalue weighted by Crippen LogP contribution is -2.29. The van der Waals surface area contributed by atoms with Crippen LogP contribution in [0.15, 0.2) is 35.2 Å². The van der Waals surface area contributed by atoms with E-state index in [4.69, 9.17) is 5.11 Å². The van der Waals surface area contributed by atoms with Gasteiger partial charge in [0.25, 0.3) is 0 Å². The molecule has 1 atom stereocenters. The lowest BCUT2D eigenvalue weighted by molar-refractivity contribution is -0.131. The molecule has 1 heterocycles. The Hall–Kier alpha value is -1.82. The lowest BCUT2D eigenvalue weighted by atomic mass is 10.0. The first-order chi connectivity index (χ1) is 9.06. The van der Waals surface area contributed by atoms with Crippen LogP contribution in [-0.2, 0) is 9.59 Å². The number of rotatable bonds is 3. The van der Waals surface area contributed by atoms with Crippen molar-refractivity contribution in [2.45, 2.75) is 17.4 Å². The Balaban J connectivity index is 2.13. The normalized spacial score (nSPS) is 18.1. The summed E-state index contributed by atoms with van der Waals surface area (Å²) in [6.45, 7) is 0. The van der Waals surface area contributed by atoms with Gasteiger partial charge in [-0.3, -0.25) is 4.79 Å². The third kappa shape index (κ3) is 3.57. The Labute approximate surface area is 113 Å². The molecule has 1 amide bonds. The first-order valence-corrected chi connectivity index (χ1v) is 6.68. The molecule has 0 fully saturated rings. The molecule has 0 saturated heterocycles. The summed E-state index contributed by atoms with van der Waals surface area (Å²) < 4.78 is 13.2. The van der Waals surface area contributed by atoms with Crippen molar-refractivity contribution in [2.24, 2.45) is 0 Å². The van der Waals surface area contributed by atoms with Crippen molar-refractivity contribution in [1.29, 1.82) is 0 Å². The number of benzene rings is 1. The third-order valence-electron chi connectivity index (χ3n) is 2.71. The van der Waals surface area contributed by atoms with E-state index in [0.29, 0.717) is 6.42 Å². The molecule has 0 saturated carbocycles. The molecule has 1 aliphatic rings. The highest BCUT2D eigenvalue weighted by molar-refractivity contribution is 7.99. The second-order valence-corrected chi connectivity index (χ2v) is 5.19. The monoisotopic (exact) mass is 281 g/mol. The van der Waals surface area contributed by atoms with Crippen LogP contribution in [0.4, 0.5) is 4.39 Å². The van der Waals surface area contributed by atoms with Crippen LogP contribution in [0.2, 0.25) is 0 Å². The van der Waals surface area contributed by atoms with Crippen LogP contribution < -0.4 is 5.32 Å². The highest BCUT2D eigenvalue weighted by Crippen LogP contribution is 2.36. The molecule has 6 heteroatoms. The molecule has 0 aromatic heterocycles. The molecular formula is C13H12FNO3S. The number of carboxylic acids is 1. The van der Waals surface area contributed by atoms with Crippen LogP contribution in [0.5, 0.6) is 0 Å². The van der Waals surface area contributed by atoms with E-state index in [1.807, 2.05) is 0 Å². The molecule has 1 aliphatic heterocycles. The van der Waals surface area contributed by atoms with Gasteiger partial charge in [0.15, 0.2) is 0 Å². The van der Waals surface area contributed by atoms with Crippen LogP contribution in [0, 0.1) is 5.82 Å². The number of carbonyl (C=O) groups excluding carboxylic acids is 1. The SMILES string of the molecule is O=C(O)/C=C/C(=O)NC1CCSc2ccc(F)cc21. The number of amides is 1. The predicted octanol–water partition coefficient (Wildman–Crippen LogP) is 2.12. The van der Waals surface area contributed by atoms with Gasteiger partial charge in [0, 0.05) is 22.8 Å². The maximum atomic E-state index is 13.2. The summed E-state index contributed by atoms with van der Waals surface area (Å²) in [5.41, 5.74) is 0.744. The van der Waals surface area contributed by atoms with Crippen LogP contribution in [0.1, 0.15) is 18.0 Å². The smallest absolute Gasteiger partial charge is 0.328 e.